The average Bonchev–Trinajstić information content (AvgIpc) is 3.17. The number of hydrogen-bond acceptors (Lipinski definition) is 6. The number of aromatic nitrogens is 1. The Labute approximate surface area is 116 Å². The lowest BCUT2D eigenvalue weighted by Crippen LogP contribution is -2.13. The largest absolute Gasteiger partial charge is 0.469 e. The van der Waals surface area contributed by atoms with Crippen molar-refractivity contribution in [1.82, 2.24) is 4.98 Å². The van der Waals surface area contributed by atoms with Gasteiger partial charge in [-0.2, -0.15) is 5.26 Å². The van der Waals surface area contributed by atoms with Crippen molar-refractivity contribution in [2.75, 3.05) is 18.6 Å². The first-order valence-corrected chi connectivity index (χ1v) is 6.92. The van der Waals surface area contributed by atoms with Gasteiger partial charge in [0, 0.05) is 5.75 Å². The summed E-state index contributed by atoms with van der Waals surface area (Å²) in [5.41, 5.74) is 6.59. The predicted octanol–water partition coefficient (Wildman–Crippen LogP) is 1.97. The molecule has 2 rings (SSSR count). The minimum Gasteiger partial charge on any atom is -0.469 e. The molecule has 1 aromatic rings. The Bertz CT molecular complexity index is 535. The van der Waals surface area contributed by atoms with E-state index >= 15 is 0 Å². The maximum Gasteiger partial charge on any atom is 0.306 e. The maximum absolute atomic E-state index is 11.3. The topological polar surface area (TPSA) is 89.0 Å². The van der Waals surface area contributed by atoms with E-state index in [4.69, 9.17) is 15.7 Å². The van der Waals surface area contributed by atoms with Gasteiger partial charge in [0.05, 0.1) is 31.0 Å². The Morgan fingerprint density at radius 1 is 1.68 bits per heavy atom. The Balaban J connectivity index is 2.00. The van der Waals surface area contributed by atoms with E-state index < -0.39 is 0 Å². The van der Waals surface area contributed by atoms with Crippen LogP contribution in [-0.2, 0) is 9.53 Å². The Kier molecular flexibility index (Phi) is 3.96. The van der Waals surface area contributed by atoms with Gasteiger partial charge in [0.15, 0.2) is 0 Å². The summed E-state index contributed by atoms with van der Waals surface area (Å²) in [6, 6.07) is 3.71. The van der Waals surface area contributed by atoms with Gasteiger partial charge in [0.2, 0.25) is 0 Å². The number of esters is 1. The van der Waals surface area contributed by atoms with Crippen molar-refractivity contribution in [2.24, 2.45) is 5.41 Å². The number of thioether (sulfide) groups is 1. The molecule has 0 saturated heterocycles. The molecule has 1 aromatic heterocycles. The van der Waals surface area contributed by atoms with Gasteiger partial charge >= 0.3 is 5.97 Å². The predicted molar refractivity (Wildman–Crippen MR) is 72.4 cm³/mol. The zero-order valence-electron chi connectivity index (χ0n) is 10.7. The summed E-state index contributed by atoms with van der Waals surface area (Å²) in [7, 11) is 1.40. The van der Waals surface area contributed by atoms with Gasteiger partial charge < -0.3 is 10.5 Å². The monoisotopic (exact) mass is 277 g/mol. The van der Waals surface area contributed by atoms with Crippen molar-refractivity contribution in [1.29, 1.82) is 5.26 Å². The van der Waals surface area contributed by atoms with Crippen molar-refractivity contribution >= 4 is 23.4 Å². The third-order valence-corrected chi connectivity index (χ3v) is 4.57. The number of anilines is 1. The van der Waals surface area contributed by atoms with E-state index in [1.165, 1.54) is 18.9 Å². The summed E-state index contributed by atoms with van der Waals surface area (Å²) in [6.07, 6.45) is 4.02. The van der Waals surface area contributed by atoms with E-state index in [1.807, 2.05) is 0 Å². The van der Waals surface area contributed by atoms with E-state index in [-0.39, 0.29) is 11.4 Å². The SMILES string of the molecule is COC(=O)CC1(CSc2ncc(N)cc2C#N)CC1. The molecule has 0 amide bonds. The average molecular weight is 277 g/mol. The first-order chi connectivity index (χ1) is 9.08. The van der Waals surface area contributed by atoms with Crippen LogP contribution in [-0.4, -0.2) is 23.8 Å². The van der Waals surface area contributed by atoms with Crippen LogP contribution in [0.2, 0.25) is 0 Å². The van der Waals surface area contributed by atoms with E-state index in [0.717, 1.165) is 18.6 Å². The standard InChI is InChI=1S/C13H15N3O2S/c1-18-11(17)5-13(2-3-13)8-19-12-9(6-14)4-10(15)7-16-12/h4,7H,2-3,5,8,15H2,1H3. The number of nitrogen functional groups attached to an aromatic ring is 1. The minimum absolute atomic E-state index is 0.0214. The molecule has 1 fully saturated rings. The summed E-state index contributed by atoms with van der Waals surface area (Å²) >= 11 is 1.51. The molecule has 0 aliphatic heterocycles. The molecule has 0 aromatic carbocycles. The van der Waals surface area contributed by atoms with Crippen molar-refractivity contribution < 1.29 is 9.53 Å². The Morgan fingerprint density at radius 3 is 3.00 bits per heavy atom. The lowest BCUT2D eigenvalue weighted by molar-refractivity contribution is -0.141. The van der Waals surface area contributed by atoms with Gasteiger partial charge in [-0.25, -0.2) is 4.98 Å². The third kappa shape index (κ3) is 3.38. The number of pyridine rings is 1. The summed E-state index contributed by atoms with van der Waals surface area (Å²) in [4.78, 5) is 15.5. The molecule has 1 saturated carbocycles. The van der Waals surface area contributed by atoms with Gasteiger partial charge in [0.25, 0.3) is 0 Å². The molecule has 19 heavy (non-hydrogen) atoms. The highest BCUT2D eigenvalue weighted by atomic mass is 32.2. The number of nitriles is 1. The molecule has 0 bridgehead atoms. The molecule has 0 unspecified atom stereocenters. The van der Waals surface area contributed by atoms with Crippen molar-refractivity contribution in [3.63, 3.8) is 0 Å². The lowest BCUT2D eigenvalue weighted by atomic mass is 10.1. The van der Waals surface area contributed by atoms with E-state index in [1.54, 1.807) is 12.3 Å². The summed E-state index contributed by atoms with van der Waals surface area (Å²) in [5.74, 6) is 0.595. The summed E-state index contributed by atoms with van der Waals surface area (Å²) in [5, 5.41) is 9.71. The van der Waals surface area contributed by atoms with Crippen molar-refractivity contribution in [3.05, 3.63) is 17.8 Å². The fourth-order valence-electron chi connectivity index (χ4n) is 1.81. The summed E-state index contributed by atoms with van der Waals surface area (Å²) in [6.45, 7) is 0. The molecule has 0 radical (unpaired) electrons. The van der Waals surface area contributed by atoms with Gasteiger partial charge in [0.1, 0.15) is 11.1 Å². The zero-order chi connectivity index (χ0) is 13.9. The van der Waals surface area contributed by atoms with Crippen LogP contribution in [0.15, 0.2) is 17.3 Å². The molecule has 0 spiro atoms. The number of hydrogen-bond donors (Lipinski definition) is 1. The molecule has 0 atom stereocenters. The van der Waals surface area contributed by atoms with Crippen molar-refractivity contribution in [2.45, 2.75) is 24.3 Å². The normalized spacial score (nSPS) is 15.6. The van der Waals surface area contributed by atoms with Crippen LogP contribution in [0, 0.1) is 16.7 Å². The Hall–Kier alpha value is -1.74. The first-order valence-electron chi connectivity index (χ1n) is 5.94. The van der Waals surface area contributed by atoms with Gasteiger partial charge in [-0.15, -0.1) is 11.8 Å². The molecular weight excluding hydrogens is 262 g/mol. The number of carbonyl (C=O) groups excluding carboxylic acids is 1. The number of rotatable bonds is 5. The number of nitrogens with zero attached hydrogens (tertiary/aromatic N) is 2. The first kappa shape index (κ1) is 13.7. The third-order valence-electron chi connectivity index (χ3n) is 3.21. The molecule has 1 aliphatic carbocycles. The second-order valence-electron chi connectivity index (χ2n) is 4.77. The second kappa shape index (κ2) is 5.49. The fraction of sp³-hybridized carbons (Fsp3) is 0.462. The molecule has 1 heterocycles. The van der Waals surface area contributed by atoms with E-state index in [9.17, 15) is 4.79 Å². The van der Waals surface area contributed by atoms with Crippen molar-refractivity contribution in [3.8, 4) is 6.07 Å². The summed E-state index contributed by atoms with van der Waals surface area (Å²) < 4.78 is 4.71. The van der Waals surface area contributed by atoms with Crippen LogP contribution >= 0.6 is 11.8 Å². The smallest absolute Gasteiger partial charge is 0.306 e. The number of ether oxygens (including phenoxy) is 1. The number of methoxy groups -OCH3 is 1. The maximum atomic E-state index is 11.3. The molecule has 5 nitrogen and oxygen atoms in total. The van der Waals surface area contributed by atoms with Crippen LogP contribution in [0.25, 0.3) is 0 Å². The van der Waals surface area contributed by atoms with Crippen LogP contribution in [0.5, 0.6) is 0 Å². The van der Waals surface area contributed by atoms with Crippen LogP contribution in [0.1, 0.15) is 24.8 Å². The van der Waals surface area contributed by atoms with Gasteiger partial charge in [-0.05, 0) is 24.3 Å². The fourth-order valence-corrected chi connectivity index (χ4v) is 3.03. The highest BCUT2D eigenvalue weighted by molar-refractivity contribution is 7.99. The van der Waals surface area contributed by atoms with Gasteiger partial charge in [-0.1, -0.05) is 0 Å². The lowest BCUT2D eigenvalue weighted by Gasteiger charge is -2.13. The number of carbonyl (C=O) groups is 1. The highest BCUT2D eigenvalue weighted by Crippen LogP contribution is 2.52. The quantitative estimate of drug-likeness (QED) is 0.654. The second-order valence-corrected chi connectivity index (χ2v) is 5.74. The molecular formula is C13H15N3O2S. The van der Waals surface area contributed by atoms with Crippen LogP contribution in [0.4, 0.5) is 5.69 Å². The molecule has 100 valence electrons. The van der Waals surface area contributed by atoms with Gasteiger partial charge in [-0.3, -0.25) is 4.79 Å². The molecule has 2 N–H and O–H groups in total. The van der Waals surface area contributed by atoms with E-state index in [0.29, 0.717) is 22.7 Å². The molecule has 1 aliphatic rings. The van der Waals surface area contributed by atoms with E-state index in [2.05, 4.69) is 11.1 Å². The van der Waals surface area contributed by atoms with Crippen LogP contribution in [0.3, 0.4) is 0 Å². The highest BCUT2D eigenvalue weighted by Gasteiger charge is 2.44. The van der Waals surface area contributed by atoms with Crippen LogP contribution < -0.4 is 5.73 Å². The zero-order valence-corrected chi connectivity index (χ0v) is 11.5. The Morgan fingerprint density at radius 2 is 2.42 bits per heavy atom. The number of nitrogens with two attached hydrogens (primary N) is 1. The minimum atomic E-state index is -0.177. The molecule has 6 heteroatoms.